The first-order chi connectivity index (χ1) is 12.6. The SMILES string of the molecule is COc1ccc(C)cc1COC(=O)CCc1nc2ccccc2c(=O)[nH]1. The highest BCUT2D eigenvalue weighted by Crippen LogP contribution is 2.20. The van der Waals surface area contributed by atoms with Crippen molar-refractivity contribution in [2.24, 2.45) is 0 Å². The van der Waals surface area contributed by atoms with Crippen molar-refractivity contribution < 1.29 is 14.3 Å². The summed E-state index contributed by atoms with van der Waals surface area (Å²) in [7, 11) is 1.58. The molecule has 134 valence electrons. The minimum absolute atomic E-state index is 0.134. The molecule has 0 amide bonds. The number of methoxy groups -OCH3 is 1. The maximum absolute atomic E-state index is 12.0. The number of carbonyl (C=O) groups is 1. The first-order valence-corrected chi connectivity index (χ1v) is 8.34. The van der Waals surface area contributed by atoms with Crippen LogP contribution in [0.1, 0.15) is 23.4 Å². The molecule has 0 spiro atoms. The number of aromatic amines is 1. The lowest BCUT2D eigenvalue weighted by Crippen LogP contribution is -2.14. The van der Waals surface area contributed by atoms with Crippen LogP contribution in [0.4, 0.5) is 0 Å². The van der Waals surface area contributed by atoms with Gasteiger partial charge in [-0.3, -0.25) is 9.59 Å². The van der Waals surface area contributed by atoms with Gasteiger partial charge < -0.3 is 14.5 Å². The molecule has 1 aromatic heterocycles. The number of rotatable bonds is 6. The molecule has 1 N–H and O–H groups in total. The fourth-order valence-corrected chi connectivity index (χ4v) is 2.72. The van der Waals surface area contributed by atoms with Crippen LogP contribution in [0.2, 0.25) is 0 Å². The molecule has 0 aliphatic carbocycles. The third-order valence-electron chi connectivity index (χ3n) is 4.05. The van der Waals surface area contributed by atoms with Gasteiger partial charge >= 0.3 is 5.97 Å². The van der Waals surface area contributed by atoms with E-state index in [1.807, 2.05) is 31.2 Å². The predicted octanol–water partition coefficient (Wildman–Crippen LogP) is 2.92. The van der Waals surface area contributed by atoms with Crippen LogP contribution in [0.25, 0.3) is 10.9 Å². The average Bonchev–Trinajstić information content (AvgIpc) is 2.65. The zero-order valence-corrected chi connectivity index (χ0v) is 14.7. The summed E-state index contributed by atoms with van der Waals surface area (Å²) < 4.78 is 10.6. The molecule has 3 rings (SSSR count). The Kier molecular flexibility index (Phi) is 5.31. The molecule has 3 aromatic rings. The van der Waals surface area contributed by atoms with E-state index in [2.05, 4.69) is 9.97 Å². The van der Waals surface area contributed by atoms with Gasteiger partial charge in [0.25, 0.3) is 5.56 Å². The average molecular weight is 352 g/mol. The van der Waals surface area contributed by atoms with Gasteiger partial charge in [0, 0.05) is 12.0 Å². The molecular formula is C20H20N2O4. The molecule has 0 fully saturated rings. The van der Waals surface area contributed by atoms with Crippen LogP contribution in [-0.2, 0) is 22.6 Å². The molecule has 0 bridgehead atoms. The van der Waals surface area contributed by atoms with E-state index >= 15 is 0 Å². The van der Waals surface area contributed by atoms with E-state index in [0.29, 0.717) is 28.9 Å². The minimum atomic E-state index is -0.357. The second-order valence-electron chi connectivity index (χ2n) is 6.01. The number of benzene rings is 2. The third kappa shape index (κ3) is 4.08. The Morgan fingerprint density at radius 1 is 1.19 bits per heavy atom. The molecule has 0 atom stereocenters. The smallest absolute Gasteiger partial charge is 0.306 e. The van der Waals surface area contributed by atoms with Gasteiger partial charge in [-0.1, -0.05) is 23.8 Å². The van der Waals surface area contributed by atoms with E-state index in [4.69, 9.17) is 9.47 Å². The molecule has 0 saturated carbocycles. The van der Waals surface area contributed by atoms with Crippen molar-refractivity contribution in [3.63, 3.8) is 0 Å². The molecular weight excluding hydrogens is 332 g/mol. The lowest BCUT2D eigenvalue weighted by Gasteiger charge is -2.10. The Bertz CT molecular complexity index is 995. The predicted molar refractivity (Wildman–Crippen MR) is 98.2 cm³/mol. The van der Waals surface area contributed by atoms with Gasteiger partial charge in [0.2, 0.25) is 0 Å². The van der Waals surface area contributed by atoms with Crippen LogP contribution >= 0.6 is 0 Å². The van der Waals surface area contributed by atoms with Gasteiger partial charge in [0.05, 0.1) is 24.4 Å². The highest BCUT2D eigenvalue weighted by Gasteiger charge is 2.10. The topological polar surface area (TPSA) is 81.3 Å². The first kappa shape index (κ1) is 17.7. The van der Waals surface area contributed by atoms with Crippen LogP contribution in [0, 0.1) is 6.92 Å². The molecule has 2 aromatic carbocycles. The van der Waals surface area contributed by atoms with Crippen LogP contribution in [-0.4, -0.2) is 23.0 Å². The molecule has 26 heavy (non-hydrogen) atoms. The number of para-hydroxylation sites is 1. The zero-order valence-electron chi connectivity index (χ0n) is 14.7. The van der Waals surface area contributed by atoms with Crippen molar-refractivity contribution in [1.82, 2.24) is 9.97 Å². The Morgan fingerprint density at radius 3 is 2.81 bits per heavy atom. The summed E-state index contributed by atoms with van der Waals surface area (Å²) in [6.07, 6.45) is 0.444. The number of carbonyl (C=O) groups excluding carboxylic acids is 1. The maximum atomic E-state index is 12.0. The van der Waals surface area contributed by atoms with Gasteiger partial charge in [-0.2, -0.15) is 0 Å². The van der Waals surface area contributed by atoms with Crippen molar-refractivity contribution in [3.05, 3.63) is 69.8 Å². The minimum Gasteiger partial charge on any atom is -0.496 e. The number of nitrogens with one attached hydrogen (secondary N) is 1. The molecule has 6 nitrogen and oxygen atoms in total. The fourth-order valence-electron chi connectivity index (χ4n) is 2.72. The number of esters is 1. The second kappa shape index (κ2) is 7.82. The lowest BCUT2D eigenvalue weighted by atomic mass is 10.1. The van der Waals surface area contributed by atoms with Gasteiger partial charge in [0.1, 0.15) is 18.2 Å². The Labute approximate surface area is 150 Å². The standard InChI is InChI=1S/C20H20N2O4/c1-13-7-8-17(25-2)14(11-13)12-26-19(23)10-9-18-21-16-6-4-3-5-15(16)20(24)22-18/h3-8,11H,9-10,12H2,1-2H3,(H,21,22,24). The van der Waals surface area contributed by atoms with Gasteiger partial charge in [-0.25, -0.2) is 4.98 Å². The van der Waals surface area contributed by atoms with E-state index < -0.39 is 0 Å². The summed E-state index contributed by atoms with van der Waals surface area (Å²) in [5.41, 5.74) is 2.29. The van der Waals surface area contributed by atoms with Crippen molar-refractivity contribution in [2.75, 3.05) is 7.11 Å². The van der Waals surface area contributed by atoms with E-state index in [0.717, 1.165) is 11.1 Å². The lowest BCUT2D eigenvalue weighted by molar-refractivity contribution is -0.144. The largest absolute Gasteiger partial charge is 0.496 e. The monoisotopic (exact) mass is 352 g/mol. The van der Waals surface area contributed by atoms with Crippen LogP contribution < -0.4 is 10.3 Å². The van der Waals surface area contributed by atoms with Gasteiger partial charge in [-0.15, -0.1) is 0 Å². The normalized spacial score (nSPS) is 10.7. The summed E-state index contributed by atoms with van der Waals surface area (Å²) in [4.78, 5) is 31.2. The summed E-state index contributed by atoms with van der Waals surface area (Å²) in [6, 6.07) is 12.8. The summed E-state index contributed by atoms with van der Waals surface area (Å²) in [5.74, 6) is 0.798. The number of aromatic nitrogens is 2. The number of fused-ring (bicyclic) bond motifs is 1. The molecule has 0 radical (unpaired) electrons. The molecule has 0 saturated heterocycles. The third-order valence-corrected chi connectivity index (χ3v) is 4.05. The van der Waals surface area contributed by atoms with E-state index in [1.54, 1.807) is 25.3 Å². The number of aryl methyl sites for hydroxylation is 2. The fraction of sp³-hybridized carbons (Fsp3) is 0.250. The zero-order chi connectivity index (χ0) is 18.5. The molecule has 6 heteroatoms. The van der Waals surface area contributed by atoms with E-state index in [1.165, 1.54) is 0 Å². The first-order valence-electron chi connectivity index (χ1n) is 8.34. The van der Waals surface area contributed by atoms with Crippen molar-refractivity contribution in [2.45, 2.75) is 26.4 Å². The summed E-state index contributed by atoms with van der Waals surface area (Å²) in [6.45, 7) is 2.11. The van der Waals surface area contributed by atoms with Crippen LogP contribution in [0.15, 0.2) is 47.3 Å². The van der Waals surface area contributed by atoms with E-state index in [-0.39, 0.29) is 24.6 Å². The Hall–Kier alpha value is -3.15. The van der Waals surface area contributed by atoms with E-state index in [9.17, 15) is 9.59 Å². The van der Waals surface area contributed by atoms with Crippen molar-refractivity contribution >= 4 is 16.9 Å². The highest BCUT2D eigenvalue weighted by atomic mass is 16.5. The summed E-state index contributed by atoms with van der Waals surface area (Å²) in [5, 5.41) is 0.533. The molecule has 1 heterocycles. The quantitative estimate of drug-likeness (QED) is 0.690. The van der Waals surface area contributed by atoms with Crippen LogP contribution in [0.5, 0.6) is 5.75 Å². The molecule has 0 aliphatic rings. The van der Waals surface area contributed by atoms with Crippen LogP contribution in [0.3, 0.4) is 0 Å². The summed E-state index contributed by atoms with van der Waals surface area (Å²) >= 11 is 0. The number of ether oxygens (including phenoxy) is 2. The number of hydrogen-bond donors (Lipinski definition) is 1. The van der Waals surface area contributed by atoms with Gasteiger partial charge in [0.15, 0.2) is 0 Å². The Morgan fingerprint density at radius 2 is 2.00 bits per heavy atom. The molecule has 0 aliphatic heterocycles. The number of nitrogens with zero attached hydrogens (tertiary/aromatic N) is 1. The Balaban J connectivity index is 1.61. The highest BCUT2D eigenvalue weighted by molar-refractivity contribution is 5.77. The van der Waals surface area contributed by atoms with Gasteiger partial charge in [-0.05, 0) is 31.2 Å². The maximum Gasteiger partial charge on any atom is 0.306 e. The number of H-pyrrole nitrogens is 1. The van der Waals surface area contributed by atoms with Crippen molar-refractivity contribution in [3.8, 4) is 5.75 Å². The molecule has 0 unspecified atom stereocenters. The van der Waals surface area contributed by atoms with Crippen molar-refractivity contribution in [1.29, 1.82) is 0 Å². The second-order valence-corrected chi connectivity index (χ2v) is 6.01. The number of hydrogen-bond acceptors (Lipinski definition) is 5.